The Morgan fingerprint density at radius 1 is 1.19 bits per heavy atom. The van der Waals surface area contributed by atoms with Crippen molar-refractivity contribution in [3.05, 3.63) is 30.0 Å². The zero-order chi connectivity index (χ0) is 26.0. The van der Waals surface area contributed by atoms with Gasteiger partial charge in [-0.3, -0.25) is 9.36 Å². The lowest BCUT2D eigenvalue weighted by Crippen LogP contribution is -2.40. The molecule has 0 aromatic carbocycles. The molecule has 2 heterocycles. The number of anilines is 2. The van der Waals surface area contributed by atoms with Crippen molar-refractivity contribution in [3.63, 3.8) is 0 Å². The van der Waals surface area contributed by atoms with Crippen molar-refractivity contribution in [2.24, 2.45) is 5.92 Å². The number of nitrogens with one attached hydrogen (secondary N) is 3. The Hall–Kier alpha value is -3.15. The Bertz CT molecular complexity index is 1160. The molecule has 2 aliphatic carbocycles. The van der Waals surface area contributed by atoms with Crippen LogP contribution in [0, 0.1) is 5.92 Å². The van der Waals surface area contributed by atoms with Crippen molar-refractivity contribution in [3.8, 4) is 0 Å². The van der Waals surface area contributed by atoms with Crippen molar-refractivity contribution in [1.29, 1.82) is 0 Å². The fourth-order valence-corrected chi connectivity index (χ4v) is 4.63. The fourth-order valence-electron chi connectivity index (χ4n) is 4.63. The Balaban J connectivity index is 1.63. The summed E-state index contributed by atoms with van der Waals surface area (Å²) in [6, 6.07) is -1.80. The van der Waals surface area contributed by atoms with Crippen LogP contribution < -0.4 is 16.0 Å². The van der Waals surface area contributed by atoms with Crippen LogP contribution in [0.25, 0.3) is 11.2 Å². The molecule has 4 rings (SSSR count). The first kappa shape index (κ1) is 25.9. The molecule has 196 valence electrons. The van der Waals surface area contributed by atoms with Gasteiger partial charge in [-0.05, 0) is 52.5 Å². The number of aliphatic hydroxyl groups is 1. The number of alkyl halides is 1. The van der Waals surface area contributed by atoms with Gasteiger partial charge in [-0.25, -0.2) is 23.1 Å². The number of carbonyl (C=O) groups is 1. The van der Waals surface area contributed by atoms with Gasteiger partial charge in [-0.2, -0.15) is 4.98 Å². The number of halogens is 3. The zero-order valence-corrected chi connectivity index (χ0v) is 20.5. The Labute approximate surface area is 207 Å². The van der Waals surface area contributed by atoms with E-state index in [-0.39, 0.29) is 42.5 Å². The number of rotatable bonds is 8. The third-order valence-corrected chi connectivity index (χ3v) is 6.44. The van der Waals surface area contributed by atoms with Gasteiger partial charge in [0, 0.05) is 30.1 Å². The van der Waals surface area contributed by atoms with Gasteiger partial charge < -0.3 is 21.1 Å². The minimum Gasteiger partial charge on any atom is -0.394 e. The molecule has 0 aliphatic heterocycles. The predicted molar refractivity (Wildman–Crippen MR) is 130 cm³/mol. The van der Waals surface area contributed by atoms with E-state index in [9.17, 15) is 23.1 Å². The van der Waals surface area contributed by atoms with Crippen molar-refractivity contribution in [1.82, 2.24) is 24.8 Å². The van der Waals surface area contributed by atoms with Crippen molar-refractivity contribution in [2.75, 3.05) is 17.2 Å². The molecule has 9 nitrogen and oxygen atoms in total. The number of fused-ring (bicyclic) bond motifs is 1. The molecule has 12 heteroatoms. The number of allylic oxidation sites excluding steroid dienone is 2. The highest BCUT2D eigenvalue weighted by Gasteiger charge is 2.33. The quantitative estimate of drug-likeness (QED) is 0.430. The minimum absolute atomic E-state index is 0.0853. The van der Waals surface area contributed by atoms with Gasteiger partial charge in [0.25, 0.3) is 0 Å². The van der Waals surface area contributed by atoms with Gasteiger partial charge in [0.1, 0.15) is 29.4 Å². The molecule has 1 fully saturated rings. The second-order valence-corrected chi connectivity index (χ2v) is 9.75. The molecular formula is C24H32F3N7O2. The maximum absolute atomic E-state index is 14.5. The molecular weight excluding hydrogens is 475 g/mol. The number of amides is 1. The van der Waals surface area contributed by atoms with Gasteiger partial charge in [0.2, 0.25) is 17.8 Å². The third kappa shape index (κ3) is 5.63. The summed E-state index contributed by atoms with van der Waals surface area (Å²) in [5.74, 6) is -1.63. The van der Waals surface area contributed by atoms with Crippen LogP contribution in [0.1, 0.15) is 52.5 Å². The Morgan fingerprint density at radius 2 is 1.92 bits per heavy atom. The molecule has 0 saturated heterocycles. The predicted octanol–water partition coefficient (Wildman–Crippen LogP) is 3.71. The lowest BCUT2D eigenvalue weighted by Gasteiger charge is -2.31. The summed E-state index contributed by atoms with van der Waals surface area (Å²) in [6.07, 6.45) is 3.40. The van der Waals surface area contributed by atoms with Gasteiger partial charge in [-0.15, -0.1) is 0 Å². The van der Waals surface area contributed by atoms with Crippen LogP contribution in [0.2, 0.25) is 0 Å². The van der Waals surface area contributed by atoms with E-state index < -0.39 is 23.9 Å². The highest BCUT2D eigenvalue weighted by molar-refractivity contribution is 5.79. The summed E-state index contributed by atoms with van der Waals surface area (Å²) < 4.78 is 44.3. The molecule has 0 radical (unpaired) electrons. The summed E-state index contributed by atoms with van der Waals surface area (Å²) >= 11 is 0. The van der Waals surface area contributed by atoms with E-state index in [0.29, 0.717) is 48.9 Å². The van der Waals surface area contributed by atoms with Crippen LogP contribution in [0.15, 0.2) is 30.0 Å². The molecule has 1 amide bonds. The number of hydrogen-bond acceptors (Lipinski definition) is 7. The number of imidazole rings is 1. The fraction of sp³-hybridized carbons (Fsp3) is 0.583. The van der Waals surface area contributed by atoms with Gasteiger partial charge in [-0.1, -0.05) is 0 Å². The number of carbonyl (C=O) groups excluding carboxylic acids is 1. The van der Waals surface area contributed by atoms with E-state index >= 15 is 0 Å². The van der Waals surface area contributed by atoms with Crippen molar-refractivity contribution < 1.29 is 23.1 Å². The van der Waals surface area contributed by atoms with E-state index in [4.69, 9.17) is 0 Å². The van der Waals surface area contributed by atoms with E-state index in [0.717, 1.165) is 6.08 Å². The first-order valence-corrected chi connectivity index (χ1v) is 12.2. The van der Waals surface area contributed by atoms with Crippen LogP contribution >= 0.6 is 0 Å². The lowest BCUT2D eigenvalue weighted by molar-refractivity contribution is -0.127. The number of hydrogen-bond donors (Lipinski definition) is 4. The molecule has 0 spiro atoms. The van der Waals surface area contributed by atoms with Crippen LogP contribution in [0.5, 0.6) is 0 Å². The molecule has 1 saturated carbocycles. The molecule has 2 unspecified atom stereocenters. The van der Waals surface area contributed by atoms with E-state index in [1.165, 1.54) is 0 Å². The molecule has 36 heavy (non-hydrogen) atoms. The van der Waals surface area contributed by atoms with Crippen LogP contribution in [0.3, 0.4) is 0 Å². The normalized spacial score (nSPS) is 25.3. The first-order valence-electron chi connectivity index (χ1n) is 12.2. The zero-order valence-electron chi connectivity index (χ0n) is 20.5. The second kappa shape index (κ2) is 10.9. The number of nitrogens with zero attached hydrogens (tertiary/aromatic N) is 4. The van der Waals surface area contributed by atoms with Crippen LogP contribution in [0.4, 0.5) is 25.1 Å². The van der Waals surface area contributed by atoms with E-state index in [1.807, 2.05) is 18.4 Å². The van der Waals surface area contributed by atoms with Gasteiger partial charge >= 0.3 is 0 Å². The Morgan fingerprint density at radius 3 is 2.56 bits per heavy atom. The van der Waals surface area contributed by atoms with Crippen LogP contribution in [-0.2, 0) is 4.79 Å². The van der Waals surface area contributed by atoms with Crippen molar-refractivity contribution >= 4 is 29.0 Å². The molecule has 4 N–H and O–H groups in total. The molecule has 2 aliphatic rings. The summed E-state index contributed by atoms with van der Waals surface area (Å²) in [5, 5.41) is 18.0. The summed E-state index contributed by atoms with van der Waals surface area (Å²) in [7, 11) is 0. The van der Waals surface area contributed by atoms with Gasteiger partial charge in [0.05, 0.1) is 12.8 Å². The molecule has 3 atom stereocenters. The first-order chi connectivity index (χ1) is 17.2. The summed E-state index contributed by atoms with van der Waals surface area (Å²) in [5.41, 5.74) is 0.940. The topological polar surface area (TPSA) is 117 Å². The molecule has 2 aromatic heterocycles. The highest BCUT2D eigenvalue weighted by Crippen LogP contribution is 2.37. The molecule has 0 bridgehead atoms. The maximum atomic E-state index is 14.5. The minimum atomic E-state index is -1.92. The summed E-state index contributed by atoms with van der Waals surface area (Å²) in [4.78, 5) is 26.0. The number of aromatic nitrogens is 4. The average molecular weight is 508 g/mol. The van der Waals surface area contributed by atoms with E-state index in [1.54, 1.807) is 13.1 Å². The smallest absolute Gasteiger partial charge is 0.224 e. The Kier molecular flexibility index (Phi) is 7.82. The lowest BCUT2D eigenvalue weighted by atomic mass is 9.85. The summed E-state index contributed by atoms with van der Waals surface area (Å²) in [6.45, 7) is 5.51. The monoisotopic (exact) mass is 507 g/mol. The number of aliphatic hydroxyl groups excluding tert-OH is 1. The molecule has 2 aromatic rings. The standard InChI is InChI=1S/C24H32F3N7O2/c1-12(2)29-23-28-10-19-21(33-23)34(16-6-4-14(5-7-16)22(36)30-13(3)11-35)24(31-19)32-20-17(26)8-15(25)9-18(20)27/h8-10,12-14,16-17,20,35H,4-7,11H2,1-3H3,(H,30,36)(H,31,32)(H,28,29,33)/t13-,14?,16?,17?,20?/m1/s1. The SMILES string of the molecule is CC(C)Nc1ncc2nc(NC3C(F)=CC(F)=CC3F)n(C3CCC(C(=O)N[C@H](C)CO)CC3)c2n1. The van der Waals surface area contributed by atoms with Crippen LogP contribution in [-0.4, -0.2) is 61.4 Å². The maximum Gasteiger partial charge on any atom is 0.224 e. The van der Waals surface area contributed by atoms with Crippen molar-refractivity contribution in [2.45, 2.75) is 76.8 Å². The third-order valence-electron chi connectivity index (χ3n) is 6.44. The van der Waals surface area contributed by atoms with Gasteiger partial charge in [0.15, 0.2) is 5.65 Å². The average Bonchev–Trinajstić information content (AvgIpc) is 3.18. The highest BCUT2D eigenvalue weighted by atomic mass is 19.2. The largest absolute Gasteiger partial charge is 0.394 e. The van der Waals surface area contributed by atoms with E-state index in [2.05, 4.69) is 30.9 Å². The second-order valence-electron chi connectivity index (χ2n) is 9.75.